The van der Waals surface area contributed by atoms with Crippen molar-refractivity contribution in [2.45, 2.75) is 13.0 Å². The quantitative estimate of drug-likeness (QED) is 0.826. The lowest BCUT2D eigenvalue weighted by Crippen LogP contribution is -2.01. The summed E-state index contributed by atoms with van der Waals surface area (Å²) < 4.78 is 15.4. The minimum atomic E-state index is -0.652. The second kappa shape index (κ2) is 4.89. The smallest absolute Gasteiger partial charge is 0.132 e. The molecule has 0 aliphatic carbocycles. The van der Waals surface area contributed by atoms with E-state index in [1.54, 1.807) is 40.4 Å². The zero-order chi connectivity index (χ0) is 11.4. The standard InChI is InChI=1S/C11H16O4/c1-7(12)11-9(14-3)5-8(13-2)6-10(11)15-4/h5-7,12H,1-4H3/t7-/m1/s1. The molecule has 0 spiro atoms. The molecule has 0 aliphatic heterocycles. The molecule has 0 heterocycles. The third-order valence-corrected chi connectivity index (χ3v) is 2.17. The van der Waals surface area contributed by atoms with E-state index < -0.39 is 6.10 Å². The van der Waals surface area contributed by atoms with E-state index in [2.05, 4.69) is 0 Å². The number of hydrogen-bond acceptors (Lipinski definition) is 4. The van der Waals surface area contributed by atoms with Crippen LogP contribution in [0.3, 0.4) is 0 Å². The molecule has 0 aromatic heterocycles. The lowest BCUT2D eigenvalue weighted by Gasteiger charge is -2.16. The fraction of sp³-hybridized carbons (Fsp3) is 0.455. The highest BCUT2D eigenvalue weighted by atomic mass is 16.5. The molecule has 0 unspecified atom stereocenters. The first-order valence-electron chi connectivity index (χ1n) is 4.62. The lowest BCUT2D eigenvalue weighted by molar-refractivity contribution is 0.188. The first-order chi connectivity index (χ1) is 7.13. The van der Waals surface area contributed by atoms with E-state index in [0.717, 1.165) is 0 Å². The van der Waals surface area contributed by atoms with Gasteiger partial charge in [-0.2, -0.15) is 0 Å². The van der Waals surface area contributed by atoms with E-state index in [-0.39, 0.29) is 0 Å². The topological polar surface area (TPSA) is 47.9 Å². The summed E-state index contributed by atoms with van der Waals surface area (Å²) in [6.45, 7) is 1.66. The second-order valence-electron chi connectivity index (χ2n) is 3.12. The Morgan fingerprint density at radius 3 is 1.73 bits per heavy atom. The fourth-order valence-electron chi connectivity index (χ4n) is 1.44. The van der Waals surface area contributed by atoms with Crippen molar-refractivity contribution >= 4 is 0 Å². The Morgan fingerprint density at radius 1 is 1.00 bits per heavy atom. The van der Waals surface area contributed by atoms with Crippen LogP contribution in [0.15, 0.2) is 12.1 Å². The van der Waals surface area contributed by atoms with Gasteiger partial charge in [0.25, 0.3) is 0 Å². The van der Waals surface area contributed by atoms with Crippen LogP contribution >= 0.6 is 0 Å². The lowest BCUT2D eigenvalue weighted by atomic mass is 10.1. The first kappa shape index (κ1) is 11.7. The summed E-state index contributed by atoms with van der Waals surface area (Å²) in [4.78, 5) is 0. The van der Waals surface area contributed by atoms with Crippen LogP contribution in [0.25, 0.3) is 0 Å². The minimum absolute atomic E-state index is 0.557. The van der Waals surface area contributed by atoms with E-state index in [1.807, 2.05) is 0 Å². The molecule has 0 amide bonds. The molecule has 0 fully saturated rings. The van der Waals surface area contributed by atoms with Gasteiger partial charge >= 0.3 is 0 Å². The number of aliphatic hydroxyl groups is 1. The number of rotatable bonds is 4. The molecule has 0 radical (unpaired) electrons. The van der Waals surface area contributed by atoms with Gasteiger partial charge in [-0.15, -0.1) is 0 Å². The molecule has 1 atom stereocenters. The van der Waals surface area contributed by atoms with Gasteiger partial charge in [0.1, 0.15) is 17.2 Å². The van der Waals surface area contributed by atoms with E-state index >= 15 is 0 Å². The van der Waals surface area contributed by atoms with Gasteiger partial charge in [-0.25, -0.2) is 0 Å². The Labute approximate surface area is 89.4 Å². The number of hydrogen-bond donors (Lipinski definition) is 1. The summed E-state index contributed by atoms with van der Waals surface area (Å²) in [6.07, 6.45) is -0.652. The highest BCUT2D eigenvalue weighted by molar-refractivity contribution is 5.51. The Kier molecular flexibility index (Phi) is 3.80. The number of benzene rings is 1. The van der Waals surface area contributed by atoms with E-state index in [0.29, 0.717) is 22.8 Å². The van der Waals surface area contributed by atoms with E-state index in [1.165, 1.54) is 0 Å². The van der Waals surface area contributed by atoms with Gasteiger partial charge in [0.15, 0.2) is 0 Å². The predicted octanol–water partition coefficient (Wildman–Crippen LogP) is 1.77. The van der Waals surface area contributed by atoms with Crippen LogP contribution in [0.2, 0.25) is 0 Å². The molecule has 0 aliphatic rings. The zero-order valence-electron chi connectivity index (χ0n) is 9.40. The molecule has 0 saturated heterocycles. The summed E-state index contributed by atoms with van der Waals surface area (Å²) in [5.74, 6) is 1.75. The van der Waals surface area contributed by atoms with Crippen LogP contribution in [-0.4, -0.2) is 26.4 Å². The number of ether oxygens (including phenoxy) is 3. The average Bonchev–Trinajstić information content (AvgIpc) is 2.26. The summed E-state index contributed by atoms with van der Waals surface area (Å²) in [6, 6.07) is 3.43. The largest absolute Gasteiger partial charge is 0.496 e. The Hall–Kier alpha value is -1.42. The molecule has 1 N–H and O–H groups in total. The summed E-state index contributed by atoms with van der Waals surface area (Å²) in [5.41, 5.74) is 0.626. The minimum Gasteiger partial charge on any atom is -0.496 e. The van der Waals surface area contributed by atoms with Crippen LogP contribution in [-0.2, 0) is 0 Å². The van der Waals surface area contributed by atoms with Crippen LogP contribution in [0, 0.1) is 0 Å². The maximum absolute atomic E-state index is 9.61. The van der Waals surface area contributed by atoms with Gasteiger partial charge in [0.05, 0.1) is 33.0 Å². The van der Waals surface area contributed by atoms with Gasteiger partial charge < -0.3 is 19.3 Å². The van der Waals surface area contributed by atoms with Gasteiger partial charge in [-0.1, -0.05) is 0 Å². The van der Waals surface area contributed by atoms with Gasteiger partial charge in [-0.05, 0) is 6.92 Å². The second-order valence-corrected chi connectivity index (χ2v) is 3.12. The molecule has 15 heavy (non-hydrogen) atoms. The number of aliphatic hydroxyl groups excluding tert-OH is 1. The Balaban J connectivity index is 3.32. The van der Waals surface area contributed by atoms with Gasteiger partial charge in [0, 0.05) is 12.1 Å². The van der Waals surface area contributed by atoms with Gasteiger partial charge in [0.2, 0.25) is 0 Å². The van der Waals surface area contributed by atoms with Crippen LogP contribution in [0.5, 0.6) is 17.2 Å². The van der Waals surface area contributed by atoms with E-state index in [4.69, 9.17) is 14.2 Å². The maximum Gasteiger partial charge on any atom is 0.132 e. The predicted molar refractivity (Wildman–Crippen MR) is 56.7 cm³/mol. The van der Waals surface area contributed by atoms with Crippen molar-refractivity contribution in [3.05, 3.63) is 17.7 Å². The summed E-state index contributed by atoms with van der Waals surface area (Å²) in [7, 11) is 4.65. The molecule has 4 heteroatoms. The first-order valence-corrected chi connectivity index (χ1v) is 4.62. The molecule has 84 valence electrons. The normalized spacial score (nSPS) is 12.1. The Morgan fingerprint density at radius 2 is 1.47 bits per heavy atom. The van der Waals surface area contributed by atoms with Crippen molar-refractivity contribution < 1.29 is 19.3 Å². The summed E-state index contributed by atoms with van der Waals surface area (Å²) >= 11 is 0. The molecule has 1 rings (SSSR count). The van der Waals surface area contributed by atoms with Crippen molar-refractivity contribution in [2.75, 3.05) is 21.3 Å². The third kappa shape index (κ3) is 2.33. The molecule has 1 aromatic rings. The van der Waals surface area contributed by atoms with Gasteiger partial charge in [-0.3, -0.25) is 0 Å². The molecular weight excluding hydrogens is 196 g/mol. The third-order valence-electron chi connectivity index (χ3n) is 2.17. The molecule has 0 bridgehead atoms. The highest BCUT2D eigenvalue weighted by Crippen LogP contribution is 2.37. The average molecular weight is 212 g/mol. The summed E-state index contributed by atoms with van der Waals surface area (Å²) in [5, 5.41) is 9.61. The van der Waals surface area contributed by atoms with Crippen molar-refractivity contribution in [2.24, 2.45) is 0 Å². The molecule has 4 nitrogen and oxygen atoms in total. The maximum atomic E-state index is 9.61. The van der Waals surface area contributed by atoms with Crippen LogP contribution in [0.4, 0.5) is 0 Å². The Bertz CT molecular complexity index is 308. The SMILES string of the molecule is COc1cc(OC)c([C@@H](C)O)c(OC)c1. The highest BCUT2D eigenvalue weighted by Gasteiger charge is 2.16. The zero-order valence-corrected chi connectivity index (χ0v) is 9.40. The molecular formula is C11H16O4. The van der Waals surface area contributed by atoms with Crippen LogP contribution < -0.4 is 14.2 Å². The molecule has 1 aromatic carbocycles. The monoisotopic (exact) mass is 212 g/mol. The number of methoxy groups -OCH3 is 3. The van der Waals surface area contributed by atoms with Crippen molar-refractivity contribution in [1.29, 1.82) is 0 Å². The fourth-order valence-corrected chi connectivity index (χ4v) is 1.44. The van der Waals surface area contributed by atoms with Crippen LogP contribution in [0.1, 0.15) is 18.6 Å². The molecule has 0 saturated carbocycles. The van der Waals surface area contributed by atoms with Crippen molar-refractivity contribution in [1.82, 2.24) is 0 Å². The van der Waals surface area contributed by atoms with E-state index in [9.17, 15) is 5.11 Å². The van der Waals surface area contributed by atoms with Crippen molar-refractivity contribution in [3.8, 4) is 17.2 Å². The van der Waals surface area contributed by atoms with Crippen molar-refractivity contribution in [3.63, 3.8) is 0 Å².